The van der Waals surface area contributed by atoms with E-state index in [1.165, 1.54) is 21.3 Å². The lowest BCUT2D eigenvalue weighted by Crippen LogP contribution is -2.67. The summed E-state index contributed by atoms with van der Waals surface area (Å²) >= 11 is 0. The molecule has 0 unspecified atom stereocenters. The van der Waals surface area contributed by atoms with Crippen LogP contribution < -0.4 is 0 Å². The van der Waals surface area contributed by atoms with E-state index in [0.717, 1.165) is 0 Å². The van der Waals surface area contributed by atoms with E-state index in [9.17, 15) is 10.2 Å². The van der Waals surface area contributed by atoms with E-state index in [1.54, 1.807) is 0 Å². The third-order valence-corrected chi connectivity index (χ3v) is 2.71. The number of hydrogen-bond donors (Lipinski definition) is 3. The van der Waals surface area contributed by atoms with Crippen molar-refractivity contribution < 1.29 is 34.3 Å². The van der Waals surface area contributed by atoms with Gasteiger partial charge in [0.1, 0.15) is 18.3 Å². The molecular formula is C9H18O7. The van der Waals surface area contributed by atoms with Gasteiger partial charge in [-0.2, -0.15) is 0 Å². The Morgan fingerprint density at radius 1 is 1.12 bits per heavy atom. The van der Waals surface area contributed by atoms with E-state index < -0.39 is 37.0 Å². The van der Waals surface area contributed by atoms with Crippen molar-refractivity contribution in [1.29, 1.82) is 0 Å². The van der Waals surface area contributed by atoms with E-state index in [1.807, 2.05) is 0 Å². The summed E-state index contributed by atoms with van der Waals surface area (Å²) in [7, 11) is 3.96. The molecule has 0 aromatic carbocycles. The van der Waals surface area contributed by atoms with Crippen molar-refractivity contribution in [2.24, 2.45) is 0 Å². The summed E-state index contributed by atoms with van der Waals surface area (Å²) in [6, 6.07) is 0. The van der Waals surface area contributed by atoms with Crippen molar-refractivity contribution in [3.8, 4) is 0 Å². The Bertz CT molecular complexity index is 218. The van der Waals surface area contributed by atoms with Gasteiger partial charge in [-0.15, -0.1) is 0 Å². The monoisotopic (exact) mass is 238 g/mol. The molecule has 0 amide bonds. The van der Waals surface area contributed by atoms with E-state index in [4.69, 9.17) is 24.1 Å². The predicted octanol–water partition coefficient (Wildman–Crippen LogP) is -1.94. The average molecular weight is 238 g/mol. The molecule has 7 nitrogen and oxygen atoms in total. The van der Waals surface area contributed by atoms with Crippen LogP contribution in [0.3, 0.4) is 0 Å². The summed E-state index contributed by atoms with van der Waals surface area (Å²) < 4.78 is 20.3. The zero-order valence-electron chi connectivity index (χ0n) is 9.49. The molecule has 0 spiro atoms. The highest BCUT2D eigenvalue weighted by Gasteiger charge is 2.56. The predicted molar refractivity (Wildman–Crippen MR) is 51.5 cm³/mol. The van der Waals surface area contributed by atoms with Crippen LogP contribution in [0.5, 0.6) is 0 Å². The van der Waals surface area contributed by atoms with E-state index in [2.05, 4.69) is 0 Å². The Hall–Kier alpha value is -0.280. The van der Waals surface area contributed by atoms with Crippen LogP contribution in [0.4, 0.5) is 0 Å². The van der Waals surface area contributed by atoms with Gasteiger partial charge in [0.25, 0.3) is 0 Å². The van der Waals surface area contributed by atoms with Crippen molar-refractivity contribution in [2.45, 2.75) is 30.4 Å². The lowest BCUT2D eigenvalue weighted by Gasteiger charge is -2.47. The SMILES string of the molecule is CO[C@@H]1[C@H](O)[C@H](O)[C@@H](CO)OC1(OC)OC. The fraction of sp³-hybridized carbons (Fsp3) is 1.00. The van der Waals surface area contributed by atoms with Gasteiger partial charge in [-0.1, -0.05) is 0 Å². The molecule has 1 aliphatic heterocycles. The summed E-state index contributed by atoms with van der Waals surface area (Å²) in [5.74, 6) is -1.64. The van der Waals surface area contributed by atoms with Crippen LogP contribution in [0.1, 0.15) is 0 Å². The third-order valence-electron chi connectivity index (χ3n) is 2.71. The van der Waals surface area contributed by atoms with Gasteiger partial charge in [0, 0.05) is 21.3 Å². The molecule has 1 aliphatic rings. The average Bonchev–Trinajstić information content (AvgIpc) is 2.32. The van der Waals surface area contributed by atoms with Gasteiger partial charge < -0.3 is 34.3 Å². The summed E-state index contributed by atoms with van der Waals surface area (Å²) in [6.45, 7) is -0.469. The molecule has 96 valence electrons. The lowest BCUT2D eigenvalue weighted by atomic mass is 9.97. The zero-order valence-corrected chi connectivity index (χ0v) is 9.49. The highest BCUT2D eigenvalue weighted by atomic mass is 16.9. The number of ether oxygens (including phenoxy) is 4. The van der Waals surface area contributed by atoms with Crippen LogP contribution in [0.15, 0.2) is 0 Å². The zero-order chi connectivity index (χ0) is 12.3. The first kappa shape index (κ1) is 13.8. The summed E-state index contributed by atoms with van der Waals surface area (Å²) in [4.78, 5) is 0. The third kappa shape index (κ3) is 2.07. The molecule has 0 radical (unpaired) electrons. The Balaban J connectivity index is 2.97. The summed E-state index contributed by atoms with van der Waals surface area (Å²) in [5.41, 5.74) is 0. The molecule has 3 N–H and O–H groups in total. The number of rotatable bonds is 4. The van der Waals surface area contributed by atoms with Crippen LogP contribution in [-0.2, 0) is 18.9 Å². The minimum Gasteiger partial charge on any atom is -0.394 e. The van der Waals surface area contributed by atoms with Gasteiger partial charge in [0.15, 0.2) is 6.10 Å². The number of hydrogen-bond acceptors (Lipinski definition) is 7. The van der Waals surface area contributed by atoms with Crippen molar-refractivity contribution in [2.75, 3.05) is 27.9 Å². The fourth-order valence-corrected chi connectivity index (χ4v) is 1.80. The molecule has 1 saturated heterocycles. The van der Waals surface area contributed by atoms with Gasteiger partial charge in [-0.05, 0) is 0 Å². The van der Waals surface area contributed by atoms with Crippen LogP contribution in [0, 0.1) is 0 Å². The fourth-order valence-electron chi connectivity index (χ4n) is 1.80. The standard InChI is InChI=1S/C9H18O7/c1-13-8-7(12)6(11)5(4-10)16-9(8,14-2)15-3/h5-8,10-12H,4H2,1-3H3/t5-,6-,7-,8-/m1/s1. The summed E-state index contributed by atoms with van der Waals surface area (Å²) in [6.07, 6.45) is -4.56. The molecule has 0 aliphatic carbocycles. The first-order valence-corrected chi connectivity index (χ1v) is 4.84. The highest BCUT2D eigenvalue weighted by Crippen LogP contribution is 2.32. The van der Waals surface area contributed by atoms with Crippen LogP contribution >= 0.6 is 0 Å². The Morgan fingerprint density at radius 2 is 1.69 bits per heavy atom. The second-order valence-electron chi connectivity index (χ2n) is 3.49. The van der Waals surface area contributed by atoms with Gasteiger partial charge in [-0.25, -0.2) is 0 Å². The maximum atomic E-state index is 9.81. The van der Waals surface area contributed by atoms with Gasteiger partial charge >= 0.3 is 5.97 Å². The number of aliphatic hydroxyl groups is 3. The number of methoxy groups -OCH3 is 3. The van der Waals surface area contributed by atoms with E-state index >= 15 is 0 Å². The molecule has 4 atom stereocenters. The van der Waals surface area contributed by atoms with E-state index in [-0.39, 0.29) is 0 Å². The first-order chi connectivity index (χ1) is 7.56. The second kappa shape index (κ2) is 5.37. The van der Waals surface area contributed by atoms with Crippen LogP contribution in [-0.4, -0.2) is 73.6 Å². The second-order valence-corrected chi connectivity index (χ2v) is 3.49. The molecule has 0 bridgehead atoms. The highest BCUT2D eigenvalue weighted by molar-refractivity contribution is 4.93. The normalized spacial score (nSPS) is 38.6. The van der Waals surface area contributed by atoms with Crippen LogP contribution in [0.25, 0.3) is 0 Å². The van der Waals surface area contributed by atoms with Crippen molar-refractivity contribution in [3.05, 3.63) is 0 Å². The van der Waals surface area contributed by atoms with Crippen molar-refractivity contribution >= 4 is 0 Å². The molecule has 16 heavy (non-hydrogen) atoms. The molecular weight excluding hydrogens is 220 g/mol. The topological polar surface area (TPSA) is 97.6 Å². The number of aliphatic hydroxyl groups excluding tert-OH is 3. The molecule has 0 aromatic heterocycles. The molecule has 1 fully saturated rings. The first-order valence-electron chi connectivity index (χ1n) is 4.84. The van der Waals surface area contributed by atoms with E-state index in [0.29, 0.717) is 0 Å². The Morgan fingerprint density at radius 3 is 2.06 bits per heavy atom. The maximum absolute atomic E-state index is 9.81. The largest absolute Gasteiger partial charge is 0.394 e. The van der Waals surface area contributed by atoms with Gasteiger partial charge in [0.05, 0.1) is 6.61 Å². The van der Waals surface area contributed by atoms with Gasteiger partial charge in [0.2, 0.25) is 0 Å². The molecule has 0 aromatic rings. The van der Waals surface area contributed by atoms with Crippen molar-refractivity contribution in [1.82, 2.24) is 0 Å². The quantitative estimate of drug-likeness (QED) is 0.490. The Kier molecular flexibility index (Phi) is 4.62. The smallest absolute Gasteiger partial charge is 0.313 e. The lowest BCUT2D eigenvalue weighted by molar-refractivity contribution is -0.451. The van der Waals surface area contributed by atoms with Crippen molar-refractivity contribution in [3.63, 3.8) is 0 Å². The molecule has 7 heteroatoms. The summed E-state index contributed by atoms with van der Waals surface area (Å²) in [5, 5.41) is 28.5. The minimum atomic E-state index is -1.64. The molecule has 1 rings (SSSR count). The minimum absolute atomic E-state index is 0.469. The van der Waals surface area contributed by atoms with Gasteiger partial charge in [-0.3, -0.25) is 0 Å². The van der Waals surface area contributed by atoms with Crippen LogP contribution in [0.2, 0.25) is 0 Å². The Labute approximate surface area is 93.5 Å². The molecule has 1 heterocycles. The maximum Gasteiger partial charge on any atom is 0.313 e. The molecule has 0 saturated carbocycles.